The van der Waals surface area contributed by atoms with E-state index in [1.165, 1.54) is 35.4 Å². The molecule has 7 heteroatoms. The van der Waals surface area contributed by atoms with Crippen molar-refractivity contribution < 1.29 is 9.53 Å². The quantitative estimate of drug-likeness (QED) is 0.696. The van der Waals surface area contributed by atoms with Gasteiger partial charge in [0.1, 0.15) is 15.5 Å². The number of nitrogens with zero attached hydrogens (tertiary/aromatic N) is 3. The molecule has 1 aliphatic heterocycles. The van der Waals surface area contributed by atoms with Crippen LogP contribution in [0.4, 0.5) is 11.4 Å². The van der Waals surface area contributed by atoms with Gasteiger partial charge >= 0.3 is 0 Å². The van der Waals surface area contributed by atoms with Gasteiger partial charge in [-0.25, -0.2) is 4.98 Å². The number of methoxy groups -OCH3 is 1. The number of nitrogen functional groups attached to an aromatic ring is 1. The number of aryl methyl sites for hydroxylation is 2. The smallest absolute Gasteiger partial charge is 0.266 e. The first kappa shape index (κ1) is 19.2. The Kier molecular flexibility index (Phi) is 4.98. The highest BCUT2D eigenvalue weighted by Gasteiger charge is 2.27. The fourth-order valence-electron chi connectivity index (χ4n) is 4.42. The van der Waals surface area contributed by atoms with Gasteiger partial charge in [-0.15, -0.1) is 11.3 Å². The highest BCUT2D eigenvalue weighted by atomic mass is 32.1. The first-order chi connectivity index (χ1) is 14.6. The van der Waals surface area contributed by atoms with Crippen molar-refractivity contribution in [2.45, 2.75) is 25.7 Å². The molecule has 6 nitrogen and oxygen atoms in total. The third-order valence-corrected chi connectivity index (χ3v) is 7.30. The number of carbonyl (C=O) groups excluding carboxylic acids is 1. The summed E-state index contributed by atoms with van der Waals surface area (Å²) in [5, 5.41) is 0.945. The third-order valence-electron chi connectivity index (χ3n) is 6.20. The second-order valence-electron chi connectivity index (χ2n) is 7.98. The van der Waals surface area contributed by atoms with Gasteiger partial charge in [0, 0.05) is 42.9 Å². The molecule has 1 aliphatic carbocycles. The predicted octanol–water partition coefficient (Wildman–Crippen LogP) is 3.73. The topological polar surface area (TPSA) is 71.7 Å². The second kappa shape index (κ2) is 7.80. The first-order valence-corrected chi connectivity index (χ1v) is 11.3. The molecule has 5 rings (SSSR count). The molecule has 0 spiro atoms. The molecule has 2 aromatic heterocycles. The Morgan fingerprint density at radius 1 is 1.10 bits per heavy atom. The average molecular weight is 423 g/mol. The van der Waals surface area contributed by atoms with Crippen molar-refractivity contribution in [1.29, 1.82) is 0 Å². The summed E-state index contributed by atoms with van der Waals surface area (Å²) in [5.41, 5.74) is 10.7. The van der Waals surface area contributed by atoms with Gasteiger partial charge in [0.2, 0.25) is 0 Å². The number of fused-ring (bicyclic) bond motifs is 2. The minimum atomic E-state index is 0.0304. The van der Waals surface area contributed by atoms with E-state index >= 15 is 0 Å². The van der Waals surface area contributed by atoms with Crippen LogP contribution in [0.15, 0.2) is 30.3 Å². The molecule has 2 aliphatic rings. The lowest BCUT2D eigenvalue weighted by molar-refractivity contribution is 0.0752. The Labute approximate surface area is 180 Å². The fraction of sp³-hybridized carbons (Fsp3) is 0.391. The number of anilines is 2. The molecule has 0 radical (unpaired) electrons. The third kappa shape index (κ3) is 3.37. The zero-order valence-corrected chi connectivity index (χ0v) is 18.0. The molecule has 1 fully saturated rings. The second-order valence-corrected chi connectivity index (χ2v) is 8.98. The number of hydrogen-bond donors (Lipinski definition) is 1. The van der Waals surface area contributed by atoms with Gasteiger partial charge in [-0.2, -0.15) is 0 Å². The number of aromatic nitrogens is 1. The highest BCUT2D eigenvalue weighted by molar-refractivity contribution is 7.21. The van der Waals surface area contributed by atoms with Crippen LogP contribution < -0.4 is 15.4 Å². The standard InChI is InChI=1S/C23H26N4O2S/c1-29-17-8-6-16(7-9-17)26-10-12-27(13-11-26)23(28)21-20(24)18-14-15-4-2-3-5-19(15)25-22(18)30-21/h6-9,14H,2-5,10-13,24H2,1H3. The molecular weight excluding hydrogens is 396 g/mol. The van der Waals surface area contributed by atoms with Crippen LogP contribution in [0.5, 0.6) is 5.75 Å². The number of thiophene rings is 1. The van der Waals surface area contributed by atoms with E-state index in [0.29, 0.717) is 23.7 Å². The van der Waals surface area contributed by atoms with Crippen LogP contribution in [0.3, 0.4) is 0 Å². The largest absolute Gasteiger partial charge is 0.497 e. The molecule has 0 bridgehead atoms. The van der Waals surface area contributed by atoms with Crippen molar-refractivity contribution in [3.63, 3.8) is 0 Å². The first-order valence-electron chi connectivity index (χ1n) is 10.5. The van der Waals surface area contributed by atoms with Crippen molar-refractivity contribution in [3.05, 3.63) is 46.5 Å². The number of nitrogens with two attached hydrogens (primary N) is 1. The Morgan fingerprint density at radius 3 is 2.57 bits per heavy atom. The lowest BCUT2D eigenvalue weighted by Crippen LogP contribution is -2.48. The SMILES string of the molecule is COc1ccc(N2CCN(C(=O)c3sc4nc5c(cc4c3N)CCCC5)CC2)cc1. The summed E-state index contributed by atoms with van der Waals surface area (Å²) in [6, 6.07) is 10.2. The van der Waals surface area contributed by atoms with Crippen molar-refractivity contribution in [3.8, 4) is 5.75 Å². The number of rotatable bonds is 3. The minimum Gasteiger partial charge on any atom is -0.497 e. The van der Waals surface area contributed by atoms with E-state index in [2.05, 4.69) is 23.1 Å². The summed E-state index contributed by atoms with van der Waals surface area (Å²) in [5.74, 6) is 0.881. The van der Waals surface area contributed by atoms with Crippen molar-refractivity contribution in [1.82, 2.24) is 9.88 Å². The number of benzene rings is 1. The molecular formula is C23H26N4O2S. The maximum absolute atomic E-state index is 13.2. The summed E-state index contributed by atoms with van der Waals surface area (Å²) in [6.07, 6.45) is 4.48. The number of hydrogen-bond acceptors (Lipinski definition) is 6. The fourth-order valence-corrected chi connectivity index (χ4v) is 5.49. The molecule has 1 amide bonds. The monoisotopic (exact) mass is 422 g/mol. The van der Waals surface area contributed by atoms with E-state index in [9.17, 15) is 4.79 Å². The van der Waals surface area contributed by atoms with E-state index in [1.54, 1.807) is 7.11 Å². The highest BCUT2D eigenvalue weighted by Crippen LogP contribution is 2.36. The number of piperazine rings is 1. The molecule has 2 N–H and O–H groups in total. The summed E-state index contributed by atoms with van der Waals surface area (Å²) < 4.78 is 5.24. The maximum atomic E-state index is 13.2. The number of carbonyl (C=O) groups is 1. The lowest BCUT2D eigenvalue weighted by Gasteiger charge is -2.36. The molecule has 0 saturated carbocycles. The Hall–Kier alpha value is -2.80. The Morgan fingerprint density at radius 2 is 1.83 bits per heavy atom. The zero-order chi connectivity index (χ0) is 20.7. The van der Waals surface area contributed by atoms with Crippen LogP contribution in [0.2, 0.25) is 0 Å². The van der Waals surface area contributed by atoms with Gasteiger partial charge in [-0.05, 0) is 61.6 Å². The normalized spacial score (nSPS) is 16.6. The van der Waals surface area contributed by atoms with Crippen molar-refractivity contribution in [2.24, 2.45) is 0 Å². The predicted molar refractivity (Wildman–Crippen MR) is 122 cm³/mol. The lowest BCUT2D eigenvalue weighted by atomic mass is 9.95. The molecule has 30 heavy (non-hydrogen) atoms. The van der Waals surface area contributed by atoms with Crippen LogP contribution >= 0.6 is 11.3 Å². The van der Waals surface area contributed by atoms with E-state index in [4.69, 9.17) is 15.5 Å². The molecule has 3 aromatic rings. The van der Waals surface area contributed by atoms with E-state index in [0.717, 1.165) is 47.6 Å². The Balaban J connectivity index is 1.32. The average Bonchev–Trinajstić information content (AvgIpc) is 3.12. The van der Waals surface area contributed by atoms with Gasteiger partial charge in [-0.3, -0.25) is 4.79 Å². The molecule has 0 atom stereocenters. The summed E-state index contributed by atoms with van der Waals surface area (Å²) in [4.78, 5) is 23.8. The van der Waals surface area contributed by atoms with Crippen LogP contribution in [0, 0.1) is 0 Å². The molecule has 0 unspecified atom stereocenters. The van der Waals surface area contributed by atoms with Crippen LogP contribution in [0.25, 0.3) is 10.2 Å². The zero-order valence-electron chi connectivity index (χ0n) is 17.2. The van der Waals surface area contributed by atoms with Gasteiger partial charge in [-0.1, -0.05) is 0 Å². The van der Waals surface area contributed by atoms with Crippen molar-refractivity contribution in [2.75, 3.05) is 43.9 Å². The van der Waals surface area contributed by atoms with Gasteiger partial charge in [0.25, 0.3) is 5.91 Å². The molecule has 3 heterocycles. The van der Waals surface area contributed by atoms with Gasteiger partial charge < -0.3 is 20.3 Å². The number of amides is 1. The van der Waals surface area contributed by atoms with Crippen LogP contribution in [-0.2, 0) is 12.8 Å². The van der Waals surface area contributed by atoms with Crippen molar-refractivity contribution >= 4 is 38.8 Å². The number of ether oxygens (including phenoxy) is 1. The van der Waals surface area contributed by atoms with Gasteiger partial charge in [0.15, 0.2) is 0 Å². The molecule has 1 aromatic carbocycles. The Bertz CT molecular complexity index is 1080. The summed E-state index contributed by atoms with van der Waals surface area (Å²) in [7, 11) is 1.67. The summed E-state index contributed by atoms with van der Waals surface area (Å²) in [6.45, 7) is 2.97. The van der Waals surface area contributed by atoms with Crippen LogP contribution in [0.1, 0.15) is 33.8 Å². The van der Waals surface area contributed by atoms with Gasteiger partial charge in [0.05, 0.1) is 12.8 Å². The molecule has 1 saturated heterocycles. The van der Waals surface area contributed by atoms with Crippen LogP contribution in [-0.4, -0.2) is 49.1 Å². The maximum Gasteiger partial charge on any atom is 0.266 e. The molecule has 156 valence electrons. The van der Waals surface area contributed by atoms with E-state index in [-0.39, 0.29) is 5.91 Å². The minimum absolute atomic E-state index is 0.0304. The number of pyridine rings is 1. The summed E-state index contributed by atoms with van der Waals surface area (Å²) >= 11 is 1.44. The van der Waals surface area contributed by atoms with E-state index in [1.807, 2.05) is 17.0 Å². The van der Waals surface area contributed by atoms with E-state index < -0.39 is 0 Å².